The number of amides is 1. The molecule has 0 heterocycles. The summed E-state index contributed by atoms with van der Waals surface area (Å²) >= 11 is 0. The zero-order chi connectivity index (χ0) is 22.8. The van der Waals surface area contributed by atoms with Gasteiger partial charge in [-0.25, -0.2) is 0 Å². The van der Waals surface area contributed by atoms with Crippen LogP contribution >= 0.6 is 0 Å². The van der Waals surface area contributed by atoms with Gasteiger partial charge in [0.2, 0.25) is 11.7 Å². The van der Waals surface area contributed by atoms with Crippen LogP contribution in [0.5, 0.6) is 23.0 Å². The summed E-state index contributed by atoms with van der Waals surface area (Å²) < 4.78 is 10.5. The molecule has 0 aliphatic heterocycles. The third kappa shape index (κ3) is 3.73. The molecule has 0 radical (unpaired) electrons. The summed E-state index contributed by atoms with van der Waals surface area (Å²) in [6, 6.07) is 15.0. The number of rotatable bonds is 6. The summed E-state index contributed by atoms with van der Waals surface area (Å²) in [7, 11) is 3.10. The Morgan fingerprint density at radius 2 is 1.50 bits per heavy atom. The van der Waals surface area contributed by atoms with Crippen LogP contribution in [-0.4, -0.2) is 36.1 Å². The molecule has 3 aromatic rings. The Kier molecular flexibility index (Phi) is 5.73. The second-order valence-electron chi connectivity index (χ2n) is 7.53. The van der Waals surface area contributed by atoms with Crippen LogP contribution in [0, 0.1) is 0 Å². The molecule has 0 saturated carbocycles. The van der Waals surface area contributed by atoms with Gasteiger partial charge in [0.05, 0.1) is 25.3 Å². The van der Waals surface area contributed by atoms with E-state index in [2.05, 4.69) is 5.32 Å². The monoisotopic (exact) mass is 433 g/mol. The highest BCUT2D eigenvalue weighted by molar-refractivity contribution is 6.16. The Morgan fingerprint density at radius 1 is 0.906 bits per heavy atom. The average molecular weight is 433 g/mol. The fourth-order valence-corrected chi connectivity index (χ4v) is 4.15. The number of phenols is 2. The van der Waals surface area contributed by atoms with Crippen molar-refractivity contribution in [2.45, 2.75) is 18.9 Å². The summed E-state index contributed by atoms with van der Waals surface area (Å²) in [6.45, 7) is 0.282. The molecule has 32 heavy (non-hydrogen) atoms. The van der Waals surface area contributed by atoms with Crippen LogP contribution in [0.2, 0.25) is 0 Å². The number of benzene rings is 3. The van der Waals surface area contributed by atoms with E-state index >= 15 is 0 Å². The highest BCUT2D eigenvalue weighted by Gasteiger charge is 2.35. The lowest BCUT2D eigenvalue weighted by Crippen LogP contribution is -2.28. The Hall–Kier alpha value is -4.00. The summed E-state index contributed by atoms with van der Waals surface area (Å²) in [4.78, 5) is 25.8. The predicted molar refractivity (Wildman–Crippen MR) is 117 cm³/mol. The highest BCUT2D eigenvalue weighted by atomic mass is 16.5. The summed E-state index contributed by atoms with van der Waals surface area (Å²) in [6.07, 6.45) is 0.0491. The Balaban J connectivity index is 1.59. The second kappa shape index (κ2) is 8.63. The van der Waals surface area contributed by atoms with Crippen molar-refractivity contribution in [3.05, 3.63) is 82.4 Å². The normalized spacial score (nSPS) is 12.6. The average Bonchev–Trinajstić information content (AvgIpc) is 2.79. The maximum absolute atomic E-state index is 13.0. The molecule has 3 N–H and O–H groups in total. The number of ether oxygens (including phenoxy) is 2. The van der Waals surface area contributed by atoms with Gasteiger partial charge in [-0.1, -0.05) is 30.3 Å². The standard InChI is InChI=1S/C25H23NO6/c1-31-20-10-9-14(11-21(20)32-2)13-26-22(29)12-17-15-5-3-7-18(27)23(15)25(30)24-16(17)6-4-8-19(24)28/h3-11,17,27-28H,12-13H2,1-2H3,(H,26,29). The van der Waals surface area contributed by atoms with Gasteiger partial charge in [-0.3, -0.25) is 9.59 Å². The largest absolute Gasteiger partial charge is 0.507 e. The Labute approximate surface area is 185 Å². The van der Waals surface area contributed by atoms with Gasteiger partial charge in [0.25, 0.3) is 0 Å². The molecule has 1 amide bonds. The van der Waals surface area contributed by atoms with Crippen molar-refractivity contribution in [1.29, 1.82) is 0 Å². The van der Waals surface area contributed by atoms with Gasteiger partial charge in [-0.2, -0.15) is 0 Å². The van der Waals surface area contributed by atoms with Crippen molar-refractivity contribution in [2.24, 2.45) is 0 Å². The van der Waals surface area contributed by atoms with E-state index < -0.39 is 11.7 Å². The van der Waals surface area contributed by atoms with Crippen molar-refractivity contribution < 1.29 is 29.3 Å². The lowest BCUT2D eigenvalue weighted by molar-refractivity contribution is -0.121. The van der Waals surface area contributed by atoms with Crippen LogP contribution in [0.15, 0.2) is 54.6 Å². The molecule has 0 bridgehead atoms. The minimum Gasteiger partial charge on any atom is -0.507 e. The van der Waals surface area contributed by atoms with Gasteiger partial charge in [-0.05, 0) is 41.0 Å². The van der Waals surface area contributed by atoms with Crippen LogP contribution in [0.1, 0.15) is 45.0 Å². The predicted octanol–water partition coefficient (Wildman–Crippen LogP) is 3.50. The Morgan fingerprint density at radius 3 is 2.06 bits per heavy atom. The van der Waals surface area contributed by atoms with Crippen molar-refractivity contribution in [2.75, 3.05) is 14.2 Å². The molecule has 1 aliphatic rings. The molecule has 164 valence electrons. The lowest BCUT2D eigenvalue weighted by atomic mass is 9.75. The number of fused-ring (bicyclic) bond motifs is 2. The quantitative estimate of drug-likeness (QED) is 0.550. The first-order valence-electron chi connectivity index (χ1n) is 10.1. The minimum absolute atomic E-state index is 0.0491. The number of phenolic OH excluding ortho intramolecular Hbond substituents is 2. The minimum atomic E-state index is -0.484. The molecule has 0 saturated heterocycles. The maximum atomic E-state index is 13.0. The van der Waals surface area contributed by atoms with Crippen molar-refractivity contribution in [3.8, 4) is 23.0 Å². The van der Waals surface area contributed by atoms with Gasteiger partial charge in [0, 0.05) is 18.9 Å². The maximum Gasteiger partial charge on any atom is 0.221 e. The summed E-state index contributed by atoms with van der Waals surface area (Å²) in [5, 5.41) is 23.5. The molecule has 0 spiro atoms. The number of hydrogen-bond acceptors (Lipinski definition) is 6. The van der Waals surface area contributed by atoms with Gasteiger partial charge in [0.15, 0.2) is 11.5 Å². The van der Waals surface area contributed by atoms with E-state index in [-0.39, 0.29) is 41.5 Å². The summed E-state index contributed by atoms with van der Waals surface area (Å²) in [5.74, 6) is -0.339. The van der Waals surface area contributed by atoms with Crippen molar-refractivity contribution >= 4 is 11.7 Å². The number of methoxy groups -OCH3 is 2. The van der Waals surface area contributed by atoms with Gasteiger partial charge in [-0.15, -0.1) is 0 Å². The molecule has 1 aliphatic carbocycles. The summed E-state index contributed by atoms with van der Waals surface area (Å²) in [5.41, 5.74) is 2.22. The van der Waals surface area contributed by atoms with Crippen LogP contribution in [0.4, 0.5) is 0 Å². The number of carbonyl (C=O) groups is 2. The molecule has 4 rings (SSSR count). The highest BCUT2D eigenvalue weighted by Crippen LogP contribution is 2.44. The third-order valence-electron chi connectivity index (χ3n) is 5.68. The number of hydrogen-bond donors (Lipinski definition) is 3. The van der Waals surface area contributed by atoms with E-state index in [1.807, 2.05) is 6.07 Å². The van der Waals surface area contributed by atoms with Crippen LogP contribution in [-0.2, 0) is 11.3 Å². The molecule has 3 aromatic carbocycles. The van der Waals surface area contributed by atoms with Crippen LogP contribution < -0.4 is 14.8 Å². The zero-order valence-electron chi connectivity index (χ0n) is 17.7. The molecule has 7 heteroatoms. The molecular weight excluding hydrogens is 410 g/mol. The molecule has 0 aromatic heterocycles. The number of ketones is 1. The molecule has 0 fully saturated rings. The van der Waals surface area contributed by atoms with Crippen LogP contribution in [0.3, 0.4) is 0 Å². The SMILES string of the molecule is COc1ccc(CNC(=O)CC2c3cccc(O)c3C(=O)c3c(O)cccc32)cc1OC. The molecule has 7 nitrogen and oxygen atoms in total. The Bertz CT molecular complexity index is 1150. The molecule has 0 atom stereocenters. The number of nitrogens with one attached hydrogen (secondary N) is 1. The van der Waals surface area contributed by atoms with E-state index in [0.717, 1.165) is 5.56 Å². The van der Waals surface area contributed by atoms with Gasteiger partial charge < -0.3 is 25.0 Å². The first-order chi connectivity index (χ1) is 15.4. The first-order valence-corrected chi connectivity index (χ1v) is 10.1. The third-order valence-corrected chi connectivity index (χ3v) is 5.68. The van der Waals surface area contributed by atoms with E-state index in [1.165, 1.54) is 12.1 Å². The van der Waals surface area contributed by atoms with Crippen molar-refractivity contribution in [1.82, 2.24) is 5.32 Å². The number of aromatic hydroxyl groups is 2. The van der Waals surface area contributed by atoms with E-state index in [4.69, 9.17) is 9.47 Å². The smallest absolute Gasteiger partial charge is 0.221 e. The molecule has 0 unspecified atom stereocenters. The fourth-order valence-electron chi connectivity index (χ4n) is 4.15. The van der Waals surface area contributed by atoms with Gasteiger partial charge >= 0.3 is 0 Å². The first kappa shape index (κ1) is 21.2. The van der Waals surface area contributed by atoms with E-state index in [0.29, 0.717) is 22.6 Å². The fraction of sp³-hybridized carbons (Fsp3) is 0.200. The topological polar surface area (TPSA) is 105 Å². The molecular formula is C25H23NO6. The lowest BCUT2D eigenvalue weighted by Gasteiger charge is -2.28. The van der Waals surface area contributed by atoms with Crippen LogP contribution in [0.25, 0.3) is 0 Å². The van der Waals surface area contributed by atoms with Crippen molar-refractivity contribution in [3.63, 3.8) is 0 Å². The zero-order valence-corrected chi connectivity index (χ0v) is 17.7. The van der Waals surface area contributed by atoms with Gasteiger partial charge in [0.1, 0.15) is 11.5 Å². The number of carbonyl (C=O) groups excluding carboxylic acids is 2. The second-order valence-corrected chi connectivity index (χ2v) is 7.53. The van der Waals surface area contributed by atoms with E-state index in [9.17, 15) is 19.8 Å². The van der Waals surface area contributed by atoms with E-state index in [1.54, 1.807) is 50.6 Å².